The summed E-state index contributed by atoms with van der Waals surface area (Å²) >= 11 is 0. The van der Waals surface area contributed by atoms with Gasteiger partial charge in [0.25, 0.3) is 16.0 Å². The first kappa shape index (κ1) is 13.0. The van der Waals surface area contributed by atoms with E-state index in [0.29, 0.717) is 0 Å². The molecule has 102 valence electrons. The van der Waals surface area contributed by atoms with Gasteiger partial charge in [0, 0.05) is 13.2 Å². The maximum absolute atomic E-state index is 12.0. The molecule has 0 aromatic carbocycles. The Labute approximate surface area is 107 Å². The Bertz CT molecular complexity index is 730. The molecule has 19 heavy (non-hydrogen) atoms. The number of anilines is 1. The monoisotopic (exact) mass is 286 g/mol. The van der Waals surface area contributed by atoms with Gasteiger partial charge in [-0.25, -0.2) is 17.9 Å². The normalized spacial score (nSPS) is 11.5. The highest BCUT2D eigenvalue weighted by molar-refractivity contribution is 7.92. The molecule has 2 heterocycles. The lowest BCUT2D eigenvalue weighted by molar-refractivity contribution is 0.0686. The molecule has 2 N–H and O–H groups in total. The van der Waals surface area contributed by atoms with Crippen LogP contribution in [-0.4, -0.2) is 44.3 Å². The predicted octanol–water partition coefficient (Wildman–Crippen LogP) is -0.952. The third-order valence-corrected chi connectivity index (χ3v) is 3.54. The van der Waals surface area contributed by atoms with E-state index < -0.39 is 16.0 Å². The van der Waals surface area contributed by atoms with Gasteiger partial charge in [-0.1, -0.05) is 5.10 Å². The van der Waals surface area contributed by atoms with E-state index in [1.807, 2.05) is 0 Å². The van der Waals surface area contributed by atoms with Crippen molar-refractivity contribution in [2.45, 2.75) is 4.90 Å². The highest BCUT2D eigenvalue weighted by Crippen LogP contribution is 2.15. The van der Waals surface area contributed by atoms with Crippen molar-refractivity contribution in [3.63, 3.8) is 0 Å². The second kappa shape index (κ2) is 4.35. The number of carboxylic acid groups (broad SMARTS) is 1. The van der Waals surface area contributed by atoms with Crippen molar-refractivity contribution < 1.29 is 18.3 Å². The fourth-order valence-electron chi connectivity index (χ4n) is 1.40. The molecule has 0 amide bonds. The van der Waals surface area contributed by atoms with E-state index in [2.05, 4.69) is 20.1 Å². The molecule has 0 unspecified atom stereocenters. The smallest absolute Gasteiger partial charge is 0.352 e. The molecule has 0 aliphatic heterocycles. The third kappa shape index (κ3) is 2.54. The fourth-order valence-corrected chi connectivity index (χ4v) is 2.40. The molecule has 2 rings (SSSR count). The van der Waals surface area contributed by atoms with E-state index >= 15 is 0 Å². The Morgan fingerprint density at radius 3 is 2.58 bits per heavy atom. The number of hydrogen-bond donors (Lipinski definition) is 2. The van der Waals surface area contributed by atoms with Crippen molar-refractivity contribution in [1.82, 2.24) is 24.8 Å². The Kier molecular flexibility index (Phi) is 2.98. The zero-order valence-corrected chi connectivity index (χ0v) is 10.8. The predicted molar refractivity (Wildman–Crippen MR) is 62.0 cm³/mol. The maximum atomic E-state index is 12.0. The van der Waals surface area contributed by atoms with Crippen molar-refractivity contribution >= 4 is 21.9 Å². The number of tetrazole rings is 1. The zero-order chi connectivity index (χ0) is 14.2. The molecule has 10 nitrogen and oxygen atoms in total. The summed E-state index contributed by atoms with van der Waals surface area (Å²) in [5.74, 6) is -1.41. The van der Waals surface area contributed by atoms with Gasteiger partial charge in [0.2, 0.25) is 0 Å². The summed E-state index contributed by atoms with van der Waals surface area (Å²) in [6, 6.07) is 1.04. The van der Waals surface area contributed by atoms with E-state index in [1.54, 1.807) is 0 Å². The van der Waals surface area contributed by atoms with Crippen molar-refractivity contribution in [3.8, 4) is 0 Å². The van der Waals surface area contributed by atoms with Gasteiger partial charge in [-0.05, 0) is 11.3 Å². The molecular weight excluding hydrogens is 276 g/mol. The zero-order valence-electron chi connectivity index (χ0n) is 9.97. The van der Waals surface area contributed by atoms with Crippen LogP contribution in [0.5, 0.6) is 0 Å². The lowest BCUT2D eigenvalue weighted by Gasteiger charge is -2.00. The van der Waals surface area contributed by atoms with E-state index in [4.69, 9.17) is 5.11 Å². The van der Waals surface area contributed by atoms with Gasteiger partial charge < -0.3 is 9.67 Å². The van der Waals surface area contributed by atoms with Crippen molar-refractivity contribution in [2.75, 3.05) is 4.72 Å². The number of nitrogens with one attached hydrogen (secondary N) is 1. The van der Waals surface area contributed by atoms with Crippen LogP contribution in [0, 0.1) is 0 Å². The average molecular weight is 286 g/mol. The average Bonchev–Trinajstić information content (AvgIpc) is 2.84. The Balaban J connectivity index is 2.34. The second-order valence-electron chi connectivity index (χ2n) is 3.69. The van der Waals surface area contributed by atoms with E-state index in [-0.39, 0.29) is 16.5 Å². The number of aromatic carboxylic acids is 1. The van der Waals surface area contributed by atoms with Gasteiger partial charge in [0.1, 0.15) is 10.6 Å². The Morgan fingerprint density at radius 2 is 2.11 bits per heavy atom. The summed E-state index contributed by atoms with van der Waals surface area (Å²) < 4.78 is 27.2. The van der Waals surface area contributed by atoms with Crippen LogP contribution in [0.2, 0.25) is 0 Å². The standard InChI is InChI=1S/C8H10N6O4S/c1-13-4-5(3-6(13)7(15)16)19(17,18)11-8-9-12-14(2)10-8/h3-4H,1-2H3,(H,10,11)(H,15,16). The first-order valence-electron chi connectivity index (χ1n) is 4.96. The Hall–Kier alpha value is -2.43. The number of hydrogen-bond acceptors (Lipinski definition) is 6. The molecule has 0 radical (unpaired) electrons. The highest BCUT2D eigenvalue weighted by atomic mass is 32.2. The summed E-state index contributed by atoms with van der Waals surface area (Å²) in [5.41, 5.74) is -0.146. The molecule has 2 aromatic rings. The van der Waals surface area contributed by atoms with Crippen molar-refractivity contribution in [2.24, 2.45) is 14.1 Å². The molecule has 0 fully saturated rings. The van der Waals surface area contributed by atoms with Crippen LogP contribution in [0.15, 0.2) is 17.2 Å². The minimum atomic E-state index is -3.95. The molecule has 0 spiro atoms. The quantitative estimate of drug-likeness (QED) is 0.740. The first-order chi connectivity index (χ1) is 8.79. The van der Waals surface area contributed by atoms with Crippen LogP contribution in [-0.2, 0) is 24.1 Å². The molecule has 0 bridgehead atoms. The largest absolute Gasteiger partial charge is 0.477 e. The molecule has 0 atom stereocenters. The number of rotatable bonds is 4. The van der Waals surface area contributed by atoms with Crippen molar-refractivity contribution in [1.29, 1.82) is 0 Å². The second-order valence-corrected chi connectivity index (χ2v) is 5.37. The van der Waals surface area contributed by atoms with Crippen LogP contribution in [0.3, 0.4) is 0 Å². The lowest BCUT2D eigenvalue weighted by atomic mass is 10.4. The van der Waals surface area contributed by atoms with Crippen LogP contribution < -0.4 is 4.72 Å². The van der Waals surface area contributed by atoms with Gasteiger partial charge in [-0.2, -0.15) is 4.80 Å². The minimum absolute atomic E-state index is 0.146. The third-order valence-electron chi connectivity index (χ3n) is 2.24. The van der Waals surface area contributed by atoms with E-state index in [9.17, 15) is 13.2 Å². The van der Waals surface area contributed by atoms with Gasteiger partial charge in [-0.15, -0.1) is 5.10 Å². The minimum Gasteiger partial charge on any atom is -0.477 e. The molecule has 0 aliphatic rings. The van der Waals surface area contributed by atoms with Gasteiger partial charge in [0.15, 0.2) is 0 Å². The molecule has 2 aromatic heterocycles. The summed E-state index contributed by atoms with van der Waals surface area (Å²) in [7, 11) is -1.03. The summed E-state index contributed by atoms with van der Waals surface area (Å²) in [4.78, 5) is 11.7. The molecule has 0 aliphatic carbocycles. The summed E-state index contributed by atoms with van der Waals surface area (Å²) in [6.45, 7) is 0. The summed E-state index contributed by atoms with van der Waals surface area (Å²) in [5, 5.41) is 19.5. The van der Waals surface area contributed by atoms with E-state index in [0.717, 1.165) is 10.9 Å². The van der Waals surface area contributed by atoms with Crippen LogP contribution in [0.4, 0.5) is 5.95 Å². The van der Waals surface area contributed by atoms with Gasteiger partial charge >= 0.3 is 5.97 Å². The number of aryl methyl sites for hydroxylation is 2. The highest BCUT2D eigenvalue weighted by Gasteiger charge is 2.21. The van der Waals surface area contributed by atoms with Gasteiger partial charge in [-0.3, -0.25) is 0 Å². The molecule has 11 heteroatoms. The number of sulfonamides is 1. The van der Waals surface area contributed by atoms with E-state index in [1.165, 1.54) is 24.9 Å². The topological polar surface area (TPSA) is 132 Å². The molecular formula is C8H10N6O4S. The molecule has 0 saturated heterocycles. The number of carbonyl (C=O) groups is 1. The number of aromatic nitrogens is 5. The first-order valence-corrected chi connectivity index (χ1v) is 6.44. The number of carboxylic acids is 1. The lowest BCUT2D eigenvalue weighted by Crippen LogP contribution is -2.13. The number of nitrogens with zero attached hydrogens (tertiary/aromatic N) is 5. The van der Waals surface area contributed by atoms with Crippen LogP contribution in [0.1, 0.15) is 10.5 Å². The Morgan fingerprint density at radius 1 is 1.42 bits per heavy atom. The van der Waals surface area contributed by atoms with Crippen LogP contribution >= 0.6 is 0 Å². The summed E-state index contributed by atoms with van der Waals surface area (Å²) in [6.07, 6.45) is 1.18. The van der Waals surface area contributed by atoms with Crippen molar-refractivity contribution in [3.05, 3.63) is 18.0 Å². The maximum Gasteiger partial charge on any atom is 0.352 e. The molecule has 0 saturated carbocycles. The van der Waals surface area contributed by atoms with Crippen LogP contribution in [0.25, 0.3) is 0 Å². The fraction of sp³-hybridized carbons (Fsp3) is 0.250. The van der Waals surface area contributed by atoms with Gasteiger partial charge in [0.05, 0.1) is 7.05 Å². The SMILES string of the molecule is Cn1nnc(NS(=O)(=O)c2cc(C(=O)O)n(C)c2)n1.